The van der Waals surface area contributed by atoms with Gasteiger partial charge in [0.15, 0.2) is 9.84 Å². The van der Waals surface area contributed by atoms with Crippen LogP contribution in [0.5, 0.6) is 0 Å². The summed E-state index contributed by atoms with van der Waals surface area (Å²) in [5.74, 6) is -0.314. The number of benzene rings is 2. The number of nitrogens with zero attached hydrogens (tertiary/aromatic N) is 4. The van der Waals surface area contributed by atoms with Gasteiger partial charge >= 0.3 is 0 Å². The van der Waals surface area contributed by atoms with Crippen molar-refractivity contribution in [1.82, 2.24) is 20.4 Å². The van der Waals surface area contributed by atoms with Crippen LogP contribution >= 0.6 is 22.7 Å². The molecule has 0 unspecified atom stereocenters. The third-order valence-corrected chi connectivity index (χ3v) is 7.95. The smallest absolute Gasteiger partial charge is 0.163 e. The molecule has 0 aliphatic carbocycles. The fourth-order valence-corrected chi connectivity index (χ4v) is 6.48. The highest BCUT2D eigenvalue weighted by Gasteiger charge is 2.20. The topological polar surface area (TPSA) is 85.7 Å². The van der Waals surface area contributed by atoms with E-state index in [1.165, 1.54) is 22.7 Å². The van der Waals surface area contributed by atoms with Gasteiger partial charge in [-0.2, -0.15) is 0 Å². The Morgan fingerprint density at radius 2 is 1.03 bits per heavy atom. The van der Waals surface area contributed by atoms with E-state index < -0.39 is 9.84 Å². The molecular weight excluding hydrogens is 424 g/mol. The minimum absolute atomic E-state index is 0.157. The summed E-state index contributed by atoms with van der Waals surface area (Å²) in [6.45, 7) is 4.03. The molecule has 0 aliphatic rings. The lowest BCUT2D eigenvalue weighted by Crippen LogP contribution is -2.07. The molecule has 6 nitrogen and oxygen atoms in total. The number of rotatable bonds is 6. The standard InChI is InChI=1S/C20H18N4O2S3/c1-13-3-7-15(8-4-13)19-23-21-17(27-19)11-29(25,26)12-18-22-24-20(28-18)16-9-5-14(2)6-10-16/h3-10H,11-12H2,1-2H3. The normalized spacial score (nSPS) is 11.7. The first-order valence-electron chi connectivity index (χ1n) is 8.87. The predicted octanol–water partition coefficient (Wildman–Crippen LogP) is 4.46. The second-order valence-corrected chi connectivity index (χ2v) is 11.0. The first-order valence-corrected chi connectivity index (χ1v) is 12.3. The summed E-state index contributed by atoms with van der Waals surface area (Å²) in [5.41, 5.74) is 4.18. The minimum Gasteiger partial charge on any atom is -0.228 e. The fraction of sp³-hybridized carbons (Fsp3) is 0.200. The van der Waals surface area contributed by atoms with Gasteiger partial charge in [-0.3, -0.25) is 0 Å². The van der Waals surface area contributed by atoms with Crippen molar-refractivity contribution in [2.75, 3.05) is 0 Å². The molecule has 0 saturated heterocycles. The third kappa shape index (κ3) is 4.92. The van der Waals surface area contributed by atoms with E-state index in [9.17, 15) is 8.42 Å². The van der Waals surface area contributed by atoms with Crippen molar-refractivity contribution >= 4 is 32.5 Å². The predicted molar refractivity (Wildman–Crippen MR) is 116 cm³/mol. The number of aromatic nitrogens is 4. The average Bonchev–Trinajstić information content (AvgIpc) is 3.32. The van der Waals surface area contributed by atoms with Gasteiger partial charge in [-0.15, -0.1) is 20.4 Å². The zero-order valence-corrected chi connectivity index (χ0v) is 18.3. The van der Waals surface area contributed by atoms with E-state index >= 15 is 0 Å². The van der Waals surface area contributed by atoms with Crippen LogP contribution in [0.1, 0.15) is 21.1 Å². The van der Waals surface area contributed by atoms with Crippen LogP contribution in [0, 0.1) is 13.8 Å². The van der Waals surface area contributed by atoms with E-state index in [0.29, 0.717) is 20.0 Å². The highest BCUT2D eigenvalue weighted by molar-refractivity contribution is 7.90. The van der Waals surface area contributed by atoms with Crippen molar-refractivity contribution in [2.45, 2.75) is 25.4 Å². The van der Waals surface area contributed by atoms with Crippen molar-refractivity contribution in [3.05, 3.63) is 69.7 Å². The first-order chi connectivity index (χ1) is 13.9. The summed E-state index contributed by atoms with van der Waals surface area (Å²) in [6.07, 6.45) is 0. The molecule has 2 heterocycles. The van der Waals surface area contributed by atoms with Crippen LogP contribution in [0.4, 0.5) is 0 Å². The molecule has 9 heteroatoms. The lowest BCUT2D eigenvalue weighted by Gasteiger charge is -1.98. The Balaban J connectivity index is 1.46. The van der Waals surface area contributed by atoms with Gasteiger partial charge in [0.2, 0.25) is 0 Å². The van der Waals surface area contributed by atoms with Gasteiger partial charge < -0.3 is 0 Å². The van der Waals surface area contributed by atoms with E-state index in [4.69, 9.17) is 0 Å². The highest BCUT2D eigenvalue weighted by Crippen LogP contribution is 2.27. The van der Waals surface area contributed by atoms with Gasteiger partial charge in [0.25, 0.3) is 0 Å². The molecule has 4 rings (SSSR count). The zero-order chi connectivity index (χ0) is 20.4. The zero-order valence-electron chi connectivity index (χ0n) is 15.9. The Kier molecular flexibility index (Phi) is 5.53. The molecule has 0 fully saturated rings. The molecule has 29 heavy (non-hydrogen) atoms. The number of sulfone groups is 1. The Morgan fingerprint density at radius 3 is 1.41 bits per heavy atom. The number of aryl methyl sites for hydroxylation is 2. The van der Waals surface area contributed by atoms with Crippen LogP contribution in [-0.2, 0) is 21.3 Å². The van der Waals surface area contributed by atoms with E-state index in [1.54, 1.807) is 0 Å². The van der Waals surface area contributed by atoms with Crippen LogP contribution in [0.3, 0.4) is 0 Å². The Bertz CT molecular complexity index is 1140. The van der Waals surface area contributed by atoms with E-state index in [1.807, 2.05) is 62.4 Å². The third-order valence-electron chi connectivity index (χ3n) is 4.22. The molecule has 0 atom stereocenters. The van der Waals surface area contributed by atoms with E-state index in [0.717, 1.165) is 22.3 Å². The van der Waals surface area contributed by atoms with Crippen molar-refractivity contribution in [3.63, 3.8) is 0 Å². The Morgan fingerprint density at radius 1 is 0.655 bits per heavy atom. The number of hydrogen-bond acceptors (Lipinski definition) is 8. The molecule has 0 aliphatic heterocycles. The molecule has 0 amide bonds. The number of hydrogen-bond donors (Lipinski definition) is 0. The van der Waals surface area contributed by atoms with Crippen LogP contribution in [0.2, 0.25) is 0 Å². The molecule has 2 aromatic carbocycles. The average molecular weight is 443 g/mol. The minimum atomic E-state index is -3.42. The summed E-state index contributed by atoms with van der Waals surface area (Å²) in [7, 11) is -3.42. The largest absolute Gasteiger partial charge is 0.228 e. The SMILES string of the molecule is Cc1ccc(-c2nnc(CS(=O)(=O)Cc3nnc(-c4ccc(C)cc4)s3)s2)cc1. The molecule has 0 saturated carbocycles. The molecular formula is C20H18N4O2S3. The fourth-order valence-electron chi connectivity index (χ4n) is 2.68. The van der Waals surface area contributed by atoms with Crippen molar-refractivity contribution < 1.29 is 8.42 Å². The molecule has 0 N–H and O–H groups in total. The van der Waals surface area contributed by atoms with Crippen molar-refractivity contribution in [3.8, 4) is 21.1 Å². The van der Waals surface area contributed by atoms with Gasteiger partial charge in [-0.1, -0.05) is 82.3 Å². The van der Waals surface area contributed by atoms with E-state index in [-0.39, 0.29) is 11.5 Å². The summed E-state index contributed by atoms with van der Waals surface area (Å²) in [6, 6.07) is 15.8. The van der Waals surface area contributed by atoms with Crippen LogP contribution in [-0.4, -0.2) is 28.8 Å². The van der Waals surface area contributed by atoms with Gasteiger partial charge in [0.05, 0.1) is 0 Å². The van der Waals surface area contributed by atoms with Gasteiger partial charge in [0, 0.05) is 11.1 Å². The molecule has 0 radical (unpaired) electrons. The molecule has 148 valence electrons. The second kappa shape index (κ2) is 8.10. The summed E-state index contributed by atoms with van der Waals surface area (Å²) in [5, 5.41) is 18.8. The molecule has 0 bridgehead atoms. The van der Waals surface area contributed by atoms with Crippen LogP contribution in [0.15, 0.2) is 48.5 Å². The van der Waals surface area contributed by atoms with Crippen LogP contribution in [0.25, 0.3) is 21.1 Å². The van der Waals surface area contributed by atoms with Crippen LogP contribution < -0.4 is 0 Å². The molecule has 0 spiro atoms. The van der Waals surface area contributed by atoms with Gasteiger partial charge in [0.1, 0.15) is 31.5 Å². The second-order valence-electron chi connectivity index (χ2n) is 6.77. The Hall–Kier alpha value is -2.49. The maximum atomic E-state index is 12.6. The van der Waals surface area contributed by atoms with Gasteiger partial charge in [-0.25, -0.2) is 8.42 Å². The van der Waals surface area contributed by atoms with Gasteiger partial charge in [-0.05, 0) is 13.8 Å². The lowest BCUT2D eigenvalue weighted by molar-refractivity contribution is 0.593. The summed E-state index contributed by atoms with van der Waals surface area (Å²) in [4.78, 5) is 0. The maximum Gasteiger partial charge on any atom is 0.163 e. The lowest BCUT2D eigenvalue weighted by atomic mass is 10.2. The van der Waals surface area contributed by atoms with Crippen molar-refractivity contribution in [1.29, 1.82) is 0 Å². The monoisotopic (exact) mass is 442 g/mol. The highest BCUT2D eigenvalue weighted by atomic mass is 32.2. The summed E-state index contributed by atoms with van der Waals surface area (Å²) >= 11 is 2.60. The quantitative estimate of drug-likeness (QED) is 0.438. The maximum absolute atomic E-state index is 12.6. The summed E-state index contributed by atoms with van der Waals surface area (Å²) < 4.78 is 25.3. The first kappa shape index (κ1) is 19.8. The van der Waals surface area contributed by atoms with Crippen molar-refractivity contribution in [2.24, 2.45) is 0 Å². The molecule has 2 aromatic heterocycles. The molecule has 4 aromatic rings. The van der Waals surface area contributed by atoms with E-state index in [2.05, 4.69) is 20.4 Å². The Labute approximate surface area is 177 Å².